The second-order valence-electron chi connectivity index (χ2n) is 10.0. The molecular weight excluding hydrogens is 488 g/mol. The molecule has 0 saturated heterocycles. The van der Waals surface area contributed by atoms with Crippen molar-refractivity contribution in [1.29, 1.82) is 0 Å². The second-order valence-corrected chi connectivity index (χ2v) is 10.0. The molecule has 0 aliphatic heterocycles. The molecule has 0 radical (unpaired) electrons. The van der Waals surface area contributed by atoms with Crippen molar-refractivity contribution in [2.45, 2.75) is 0 Å². The summed E-state index contributed by atoms with van der Waals surface area (Å²) in [6, 6.07) is 45.7. The molecule has 0 aliphatic carbocycles. The van der Waals surface area contributed by atoms with E-state index in [0.717, 1.165) is 10.9 Å². The van der Waals surface area contributed by atoms with E-state index < -0.39 is 0 Å². The lowest BCUT2D eigenvalue weighted by Gasteiger charge is -2.19. The molecule has 8 rings (SSSR count). The molecule has 4 nitrogen and oxygen atoms in total. The number of hydrogen-bond acceptors (Lipinski definition) is 4. The van der Waals surface area contributed by atoms with Gasteiger partial charge in [0.25, 0.3) is 0 Å². The van der Waals surface area contributed by atoms with Crippen molar-refractivity contribution in [3.05, 3.63) is 134 Å². The van der Waals surface area contributed by atoms with Crippen molar-refractivity contribution in [3.63, 3.8) is 0 Å². The summed E-state index contributed by atoms with van der Waals surface area (Å²) in [5, 5.41) is 26.1. The molecule has 0 unspecified atom stereocenters. The van der Waals surface area contributed by atoms with Crippen LogP contribution in [0.4, 0.5) is 0 Å². The Morgan fingerprint density at radius 3 is 1.43 bits per heavy atom. The topological polar surface area (TPSA) is 51.6 Å². The van der Waals surface area contributed by atoms with E-state index in [1.165, 1.54) is 66.3 Å². The van der Waals surface area contributed by atoms with E-state index in [2.05, 4.69) is 148 Å². The number of aromatic nitrogens is 4. The maximum absolute atomic E-state index is 4.25. The van der Waals surface area contributed by atoms with E-state index >= 15 is 0 Å². The van der Waals surface area contributed by atoms with Crippen molar-refractivity contribution in [1.82, 2.24) is 20.4 Å². The first kappa shape index (κ1) is 22.5. The predicted molar refractivity (Wildman–Crippen MR) is 164 cm³/mol. The van der Waals surface area contributed by atoms with E-state index in [0.29, 0.717) is 5.82 Å². The second kappa shape index (κ2) is 9.07. The van der Waals surface area contributed by atoms with Crippen LogP contribution in [-0.2, 0) is 0 Å². The van der Waals surface area contributed by atoms with Crippen LogP contribution in [0.25, 0.3) is 76.7 Å². The standard InChI is InChI=1S/C36H22N4/c1-3-9-25-19-27(15-13-23(25)7-1)34-30-11-5-6-12-31(30)35(28-16-14-24-8-2-4-10-26(24)20-28)33-21-29(17-18-32(33)34)36-39-37-22-38-40-36/h1-22H. The van der Waals surface area contributed by atoms with Gasteiger partial charge in [0.1, 0.15) is 0 Å². The Balaban J connectivity index is 1.51. The Bertz CT molecular complexity index is 2220. The van der Waals surface area contributed by atoms with Gasteiger partial charge in [0, 0.05) is 5.56 Å². The SMILES string of the molecule is c1ccc2cc(-c3c4ccccc4c(-c4ccc5ccccc5c4)c4cc(-c5nncnn5)ccc34)ccc2c1. The Morgan fingerprint density at radius 1 is 0.350 bits per heavy atom. The van der Waals surface area contributed by atoms with Gasteiger partial charge in [0.05, 0.1) is 0 Å². The molecule has 0 N–H and O–H groups in total. The molecule has 0 amide bonds. The first-order chi connectivity index (χ1) is 19.8. The summed E-state index contributed by atoms with van der Waals surface area (Å²) in [6.45, 7) is 0. The van der Waals surface area contributed by atoms with E-state index in [1.807, 2.05) is 0 Å². The molecule has 7 aromatic carbocycles. The van der Waals surface area contributed by atoms with Crippen molar-refractivity contribution in [2.75, 3.05) is 0 Å². The average Bonchev–Trinajstić information content (AvgIpc) is 3.03. The molecule has 1 heterocycles. The van der Waals surface area contributed by atoms with Gasteiger partial charge in [0.2, 0.25) is 5.82 Å². The quantitative estimate of drug-likeness (QED) is 0.223. The smallest absolute Gasteiger partial charge is 0.135 e. The van der Waals surface area contributed by atoms with Crippen LogP contribution in [0.1, 0.15) is 0 Å². The lowest BCUT2D eigenvalue weighted by molar-refractivity contribution is 0.865. The summed E-state index contributed by atoms with van der Waals surface area (Å²) in [6.07, 6.45) is 1.36. The highest BCUT2D eigenvalue weighted by atomic mass is 15.3. The highest BCUT2D eigenvalue weighted by molar-refractivity contribution is 6.22. The fraction of sp³-hybridized carbons (Fsp3) is 0. The molecular formula is C36H22N4. The molecule has 186 valence electrons. The molecule has 0 saturated carbocycles. The first-order valence-electron chi connectivity index (χ1n) is 13.3. The van der Waals surface area contributed by atoms with Crippen molar-refractivity contribution < 1.29 is 0 Å². The van der Waals surface area contributed by atoms with Gasteiger partial charge in [-0.1, -0.05) is 109 Å². The molecule has 0 fully saturated rings. The van der Waals surface area contributed by atoms with Gasteiger partial charge in [-0.2, -0.15) is 0 Å². The van der Waals surface area contributed by atoms with Crippen LogP contribution in [0.5, 0.6) is 0 Å². The third kappa shape index (κ3) is 3.62. The lowest BCUT2D eigenvalue weighted by atomic mass is 9.84. The molecule has 0 spiro atoms. The zero-order valence-corrected chi connectivity index (χ0v) is 21.5. The zero-order valence-electron chi connectivity index (χ0n) is 21.5. The summed E-state index contributed by atoms with van der Waals surface area (Å²) in [4.78, 5) is 0. The normalized spacial score (nSPS) is 11.5. The molecule has 1 aromatic heterocycles. The Labute approximate surface area is 230 Å². The number of benzene rings is 7. The summed E-state index contributed by atoms with van der Waals surface area (Å²) in [5.74, 6) is 0.509. The number of rotatable bonds is 3. The molecule has 0 atom stereocenters. The molecule has 40 heavy (non-hydrogen) atoms. The third-order valence-corrected chi connectivity index (χ3v) is 7.77. The van der Waals surface area contributed by atoms with Gasteiger partial charge in [-0.15, -0.1) is 20.4 Å². The summed E-state index contributed by atoms with van der Waals surface area (Å²) in [7, 11) is 0. The molecule has 4 heteroatoms. The van der Waals surface area contributed by atoms with Crippen LogP contribution < -0.4 is 0 Å². The van der Waals surface area contributed by atoms with Gasteiger partial charge < -0.3 is 0 Å². The van der Waals surface area contributed by atoms with Gasteiger partial charge in [0.15, 0.2) is 6.33 Å². The minimum absolute atomic E-state index is 0.509. The van der Waals surface area contributed by atoms with Crippen LogP contribution in [0.2, 0.25) is 0 Å². The number of hydrogen-bond donors (Lipinski definition) is 0. The summed E-state index contributed by atoms with van der Waals surface area (Å²) >= 11 is 0. The van der Waals surface area contributed by atoms with Crippen molar-refractivity contribution in [2.24, 2.45) is 0 Å². The molecule has 0 aliphatic rings. The zero-order chi connectivity index (χ0) is 26.5. The van der Waals surface area contributed by atoms with Gasteiger partial charge in [-0.25, -0.2) is 0 Å². The Hall–Kier alpha value is -5.48. The van der Waals surface area contributed by atoms with E-state index in [-0.39, 0.29) is 0 Å². The Morgan fingerprint density at radius 2 is 0.825 bits per heavy atom. The van der Waals surface area contributed by atoms with Crippen LogP contribution >= 0.6 is 0 Å². The fourth-order valence-corrected chi connectivity index (χ4v) is 5.95. The minimum atomic E-state index is 0.509. The Kier molecular flexibility index (Phi) is 5.10. The molecule has 0 bridgehead atoms. The largest absolute Gasteiger partial charge is 0.203 e. The number of fused-ring (bicyclic) bond motifs is 4. The summed E-state index contributed by atoms with van der Waals surface area (Å²) < 4.78 is 0. The monoisotopic (exact) mass is 510 g/mol. The third-order valence-electron chi connectivity index (χ3n) is 7.77. The van der Waals surface area contributed by atoms with Gasteiger partial charge in [-0.3, -0.25) is 0 Å². The van der Waals surface area contributed by atoms with Crippen LogP contribution in [-0.4, -0.2) is 20.4 Å². The first-order valence-corrected chi connectivity index (χ1v) is 13.3. The fourth-order valence-electron chi connectivity index (χ4n) is 5.95. The average molecular weight is 511 g/mol. The van der Waals surface area contributed by atoms with Crippen molar-refractivity contribution in [3.8, 4) is 33.6 Å². The molecule has 8 aromatic rings. The minimum Gasteiger partial charge on any atom is -0.135 e. The van der Waals surface area contributed by atoms with Gasteiger partial charge >= 0.3 is 0 Å². The van der Waals surface area contributed by atoms with E-state index in [4.69, 9.17) is 0 Å². The highest BCUT2D eigenvalue weighted by Crippen LogP contribution is 2.45. The summed E-state index contributed by atoms with van der Waals surface area (Å²) in [5.41, 5.74) is 5.66. The highest BCUT2D eigenvalue weighted by Gasteiger charge is 2.18. The van der Waals surface area contributed by atoms with Gasteiger partial charge in [-0.05, 0) is 83.5 Å². The predicted octanol–water partition coefficient (Wildman–Crippen LogP) is 8.88. The van der Waals surface area contributed by atoms with Crippen LogP contribution in [0.15, 0.2) is 134 Å². The van der Waals surface area contributed by atoms with Crippen molar-refractivity contribution >= 4 is 43.1 Å². The maximum Gasteiger partial charge on any atom is 0.203 e. The van der Waals surface area contributed by atoms with E-state index in [1.54, 1.807) is 0 Å². The van der Waals surface area contributed by atoms with E-state index in [9.17, 15) is 0 Å². The number of nitrogens with zero attached hydrogens (tertiary/aromatic N) is 4. The van der Waals surface area contributed by atoms with Crippen LogP contribution in [0, 0.1) is 0 Å². The lowest BCUT2D eigenvalue weighted by Crippen LogP contribution is -1.95. The van der Waals surface area contributed by atoms with Crippen LogP contribution in [0.3, 0.4) is 0 Å². The maximum atomic E-state index is 4.25.